The summed E-state index contributed by atoms with van der Waals surface area (Å²) in [6.07, 6.45) is -0.690. The Morgan fingerprint density at radius 1 is 0.964 bits per heavy atom. The Balaban J connectivity index is 1.74. The normalized spacial score (nSPS) is 11.6. The van der Waals surface area contributed by atoms with E-state index in [0.29, 0.717) is 28.0 Å². The molecule has 3 rings (SSSR count). The number of carbonyl (C=O) groups excluding carboxylic acids is 1. The molecule has 0 aliphatic rings. The third-order valence-corrected chi connectivity index (χ3v) is 4.41. The number of anilines is 1. The highest BCUT2D eigenvalue weighted by Gasteiger charge is 2.18. The van der Waals surface area contributed by atoms with Gasteiger partial charge in [0, 0.05) is 5.02 Å². The number of hydrogen-bond donors (Lipinski definition) is 1. The van der Waals surface area contributed by atoms with Gasteiger partial charge in [0.25, 0.3) is 5.91 Å². The highest BCUT2D eigenvalue weighted by atomic mass is 35.5. The van der Waals surface area contributed by atoms with Crippen LogP contribution < -0.4 is 14.8 Å². The monoisotopic (exact) mass is 395 g/mol. The summed E-state index contributed by atoms with van der Waals surface area (Å²) in [7, 11) is 0. The van der Waals surface area contributed by atoms with E-state index in [-0.39, 0.29) is 5.91 Å². The fraction of sp³-hybridized carbons (Fsp3) is 0.174. The molecule has 0 unspecified atom stereocenters. The molecule has 0 bridgehead atoms. The van der Waals surface area contributed by atoms with Gasteiger partial charge in [0.2, 0.25) is 0 Å². The third kappa shape index (κ3) is 5.05. The van der Waals surface area contributed by atoms with Crippen LogP contribution in [-0.4, -0.2) is 12.0 Å². The van der Waals surface area contributed by atoms with Gasteiger partial charge in [-0.1, -0.05) is 47.5 Å². The van der Waals surface area contributed by atoms with E-state index in [1.54, 1.807) is 25.1 Å². The van der Waals surface area contributed by atoms with Crippen LogP contribution in [0.5, 0.6) is 17.2 Å². The van der Waals surface area contributed by atoms with Gasteiger partial charge >= 0.3 is 0 Å². The van der Waals surface area contributed by atoms with Gasteiger partial charge in [-0.05, 0) is 62.7 Å². The maximum Gasteiger partial charge on any atom is 0.265 e. The van der Waals surface area contributed by atoms with Crippen molar-refractivity contribution in [3.8, 4) is 17.2 Å². The lowest BCUT2D eigenvalue weighted by Gasteiger charge is -2.18. The fourth-order valence-corrected chi connectivity index (χ4v) is 2.89. The van der Waals surface area contributed by atoms with Gasteiger partial charge in [-0.25, -0.2) is 0 Å². The lowest BCUT2D eigenvalue weighted by atomic mass is 10.1. The summed E-state index contributed by atoms with van der Waals surface area (Å²) in [6, 6.07) is 20.3. The van der Waals surface area contributed by atoms with Crippen molar-refractivity contribution in [1.82, 2.24) is 0 Å². The van der Waals surface area contributed by atoms with Gasteiger partial charge in [0.05, 0.1) is 5.69 Å². The van der Waals surface area contributed by atoms with Crippen LogP contribution in [0, 0.1) is 13.8 Å². The summed E-state index contributed by atoms with van der Waals surface area (Å²) in [5.41, 5.74) is 2.61. The summed E-state index contributed by atoms with van der Waals surface area (Å²) in [4.78, 5) is 12.7. The molecule has 5 heteroatoms. The Labute approximate surface area is 170 Å². The number of rotatable bonds is 6. The zero-order valence-electron chi connectivity index (χ0n) is 16.0. The van der Waals surface area contributed by atoms with E-state index >= 15 is 0 Å². The van der Waals surface area contributed by atoms with Crippen molar-refractivity contribution < 1.29 is 14.3 Å². The number of benzene rings is 3. The number of amides is 1. The summed E-state index contributed by atoms with van der Waals surface area (Å²) in [5, 5.41) is 3.35. The van der Waals surface area contributed by atoms with E-state index in [0.717, 1.165) is 11.1 Å². The van der Waals surface area contributed by atoms with Crippen LogP contribution in [0.3, 0.4) is 0 Å². The average Bonchev–Trinajstić information content (AvgIpc) is 2.67. The van der Waals surface area contributed by atoms with Crippen LogP contribution in [0.2, 0.25) is 5.02 Å². The van der Waals surface area contributed by atoms with Gasteiger partial charge in [0.15, 0.2) is 11.9 Å². The van der Waals surface area contributed by atoms with Crippen LogP contribution in [0.25, 0.3) is 0 Å². The van der Waals surface area contributed by atoms with Gasteiger partial charge in [-0.15, -0.1) is 0 Å². The highest BCUT2D eigenvalue weighted by molar-refractivity contribution is 6.31. The van der Waals surface area contributed by atoms with Crippen LogP contribution in [0.15, 0.2) is 66.7 Å². The summed E-state index contributed by atoms with van der Waals surface area (Å²) >= 11 is 6.11. The second-order valence-electron chi connectivity index (χ2n) is 6.57. The summed E-state index contributed by atoms with van der Waals surface area (Å²) in [6.45, 7) is 5.67. The van der Waals surface area contributed by atoms with Crippen molar-refractivity contribution in [2.75, 3.05) is 5.32 Å². The number of para-hydroxylation sites is 1. The Morgan fingerprint density at radius 2 is 1.68 bits per heavy atom. The van der Waals surface area contributed by atoms with E-state index in [4.69, 9.17) is 21.1 Å². The van der Waals surface area contributed by atoms with Crippen LogP contribution in [-0.2, 0) is 4.79 Å². The average molecular weight is 396 g/mol. The Hall–Kier alpha value is -2.98. The van der Waals surface area contributed by atoms with Crippen molar-refractivity contribution in [2.24, 2.45) is 0 Å². The number of carbonyl (C=O) groups is 1. The van der Waals surface area contributed by atoms with Crippen LogP contribution in [0.4, 0.5) is 5.69 Å². The third-order valence-electron chi connectivity index (χ3n) is 4.17. The van der Waals surface area contributed by atoms with Crippen LogP contribution >= 0.6 is 11.6 Å². The number of halogens is 1. The van der Waals surface area contributed by atoms with E-state index in [1.165, 1.54) is 0 Å². The molecule has 1 amide bonds. The first-order valence-corrected chi connectivity index (χ1v) is 9.37. The molecule has 144 valence electrons. The molecule has 0 aliphatic carbocycles. The Morgan fingerprint density at radius 3 is 2.39 bits per heavy atom. The maximum absolute atomic E-state index is 12.7. The zero-order valence-corrected chi connectivity index (χ0v) is 16.8. The molecular weight excluding hydrogens is 374 g/mol. The van der Waals surface area contributed by atoms with Crippen molar-refractivity contribution in [1.29, 1.82) is 0 Å². The molecule has 0 aliphatic heterocycles. The largest absolute Gasteiger partial charge is 0.481 e. The quantitative estimate of drug-likeness (QED) is 0.544. The Kier molecular flexibility index (Phi) is 6.22. The number of ether oxygens (including phenoxy) is 2. The number of aryl methyl sites for hydroxylation is 2. The standard InChI is InChI=1S/C23H22ClNO3/c1-15-9-11-21(16(2)13-15)27-17(3)23(26)25-20-14-18(24)10-12-22(20)28-19-7-5-4-6-8-19/h4-14,17H,1-3H3,(H,25,26)/t17-/m1/s1. The van der Waals surface area contributed by atoms with Crippen molar-refractivity contribution >= 4 is 23.2 Å². The number of hydrogen-bond acceptors (Lipinski definition) is 3. The molecule has 0 spiro atoms. The van der Waals surface area contributed by atoms with Crippen molar-refractivity contribution in [3.63, 3.8) is 0 Å². The molecule has 0 aromatic heterocycles. The topological polar surface area (TPSA) is 47.6 Å². The molecule has 0 saturated carbocycles. The molecule has 4 nitrogen and oxygen atoms in total. The summed E-state index contributed by atoms with van der Waals surface area (Å²) < 4.78 is 11.7. The van der Waals surface area contributed by atoms with Crippen molar-refractivity contribution in [2.45, 2.75) is 26.9 Å². The van der Waals surface area contributed by atoms with E-state index < -0.39 is 6.10 Å². The van der Waals surface area contributed by atoms with Gasteiger partial charge in [0.1, 0.15) is 11.5 Å². The molecule has 0 radical (unpaired) electrons. The predicted octanol–water partition coefficient (Wildman–Crippen LogP) is 6.16. The Bertz CT molecular complexity index is 973. The maximum atomic E-state index is 12.7. The molecular formula is C23H22ClNO3. The van der Waals surface area contributed by atoms with Gasteiger partial charge in [-0.3, -0.25) is 4.79 Å². The molecule has 3 aromatic carbocycles. The lowest BCUT2D eigenvalue weighted by molar-refractivity contribution is -0.122. The molecule has 0 heterocycles. The second-order valence-corrected chi connectivity index (χ2v) is 7.01. The second kappa shape index (κ2) is 8.81. The molecule has 0 saturated heterocycles. The minimum absolute atomic E-state index is 0.292. The minimum atomic E-state index is -0.690. The molecule has 28 heavy (non-hydrogen) atoms. The first-order chi connectivity index (χ1) is 13.4. The molecule has 1 atom stereocenters. The van der Waals surface area contributed by atoms with E-state index in [9.17, 15) is 4.79 Å². The van der Waals surface area contributed by atoms with E-state index in [2.05, 4.69) is 5.32 Å². The fourth-order valence-electron chi connectivity index (χ4n) is 2.71. The first-order valence-electron chi connectivity index (χ1n) is 8.99. The van der Waals surface area contributed by atoms with Gasteiger partial charge < -0.3 is 14.8 Å². The molecule has 1 N–H and O–H groups in total. The number of nitrogens with one attached hydrogen (secondary N) is 1. The van der Waals surface area contributed by atoms with Crippen molar-refractivity contribution in [3.05, 3.63) is 82.9 Å². The zero-order chi connectivity index (χ0) is 20.1. The van der Waals surface area contributed by atoms with Crippen LogP contribution in [0.1, 0.15) is 18.1 Å². The lowest BCUT2D eigenvalue weighted by Crippen LogP contribution is -2.30. The first kappa shape index (κ1) is 19.8. The smallest absolute Gasteiger partial charge is 0.265 e. The highest BCUT2D eigenvalue weighted by Crippen LogP contribution is 2.32. The minimum Gasteiger partial charge on any atom is -0.481 e. The molecule has 0 fully saturated rings. The SMILES string of the molecule is Cc1ccc(O[C@H](C)C(=O)Nc2cc(Cl)ccc2Oc2ccccc2)c(C)c1. The molecule has 3 aromatic rings. The van der Waals surface area contributed by atoms with E-state index in [1.807, 2.05) is 62.4 Å². The predicted molar refractivity (Wildman–Crippen MR) is 113 cm³/mol. The van der Waals surface area contributed by atoms with Gasteiger partial charge in [-0.2, -0.15) is 0 Å². The summed E-state index contributed by atoms with van der Waals surface area (Å²) in [5.74, 6) is 1.56.